The summed E-state index contributed by atoms with van der Waals surface area (Å²) in [5.74, 6) is 0. The van der Waals surface area contributed by atoms with Gasteiger partial charge in [0.15, 0.2) is 0 Å². The van der Waals surface area contributed by atoms with E-state index in [9.17, 15) is 0 Å². The quantitative estimate of drug-likeness (QED) is 0.879. The summed E-state index contributed by atoms with van der Waals surface area (Å²) >= 11 is 6.52. The lowest BCUT2D eigenvalue weighted by Crippen LogP contribution is -2.39. The van der Waals surface area contributed by atoms with Gasteiger partial charge in [-0.1, -0.05) is 55.8 Å². The lowest BCUT2D eigenvalue weighted by Gasteiger charge is -2.29. The normalized spacial score (nSPS) is 14.1. The number of nitrogens with two attached hydrogens (primary N) is 1. The van der Waals surface area contributed by atoms with E-state index in [4.69, 9.17) is 17.3 Å². The second-order valence-electron chi connectivity index (χ2n) is 5.43. The summed E-state index contributed by atoms with van der Waals surface area (Å²) in [6, 6.07) is 10.2. The monoisotopic (exact) mass is 305 g/mol. The Morgan fingerprint density at radius 2 is 1.86 bits per heavy atom. The van der Waals surface area contributed by atoms with Gasteiger partial charge >= 0.3 is 0 Å². The maximum absolute atomic E-state index is 6.69. The van der Waals surface area contributed by atoms with Crippen molar-refractivity contribution in [2.75, 3.05) is 0 Å². The lowest BCUT2D eigenvalue weighted by molar-refractivity contribution is 0.408. The molecule has 0 saturated carbocycles. The summed E-state index contributed by atoms with van der Waals surface area (Å²) in [6.45, 7) is 7.08. The minimum Gasteiger partial charge on any atom is -0.321 e. The topological polar surface area (TPSA) is 43.8 Å². The molecule has 2 N–H and O–H groups in total. The molecule has 0 radical (unpaired) electrons. The van der Waals surface area contributed by atoms with Crippen LogP contribution in [0.2, 0.25) is 5.02 Å². The maximum Gasteiger partial charge on any atom is 0.0850 e. The highest BCUT2D eigenvalue weighted by Gasteiger charge is 2.29. The van der Waals surface area contributed by atoms with Gasteiger partial charge < -0.3 is 5.73 Å². The van der Waals surface area contributed by atoms with E-state index in [1.54, 1.807) is 0 Å². The van der Waals surface area contributed by atoms with E-state index in [1.807, 2.05) is 22.9 Å². The van der Waals surface area contributed by atoms with Crippen LogP contribution in [-0.2, 0) is 24.9 Å². The van der Waals surface area contributed by atoms with Crippen LogP contribution in [0.3, 0.4) is 0 Å². The number of nitrogens with zero attached hydrogens (tertiary/aromatic N) is 2. The van der Waals surface area contributed by atoms with Crippen molar-refractivity contribution in [3.63, 3.8) is 0 Å². The van der Waals surface area contributed by atoms with E-state index in [0.29, 0.717) is 6.42 Å². The van der Waals surface area contributed by atoms with Crippen molar-refractivity contribution in [1.29, 1.82) is 0 Å². The summed E-state index contributed by atoms with van der Waals surface area (Å²) in [5.41, 5.74) is 9.43. The van der Waals surface area contributed by atoms with Crippen LogP contribution >= 0.6 is 11.6 Å². The summed E-state index contributed by atoms with van der Waals surface area (Å²) in [7, 11) is 0. The van der Waals surface area contributed by atoms with Crippen molar-refractivity contribution in [3.8, 4) is 0 Å². The van der Waals surface area contributed by atoms with E-state index in [-0.39, 0.29) is 0 Å². The van der Waals surface area contributed by atoms with Gasteiger partial charge in [-0.3, -0.25) is 4.68 Å². The summed E-state index contributed by atoms with van der Waals surface area (Å²) in [6.07, 6.45) is 2.39. The fourth-order valence-electron chi connectivity index (χ4n) is 2.69. The van der Waals surface area contributed by atoms with E-state index < -0.39 is 5.54 Å². The van der Waals surface area contributed by atoms with E-state index >= 15 is 0 Å². The van der Waals surface area contributed by atoms with Gasteiger partial charge in [0, 0.05) is 18.5 Å². The second-order valence-corrected chi connectivity index (χ2v) is 5.81. The molecule has 21 heavy (non-hydrogen) atoms. The number of hydrogen-bond donors (Lipinski definition) is 1. The van der Waals surface area contributed by atoms with Crippen LogP contribution in [0.25, 0.3) is 0 Å². The number of halogens is 1. The molecule has 1 aromatic heterocycles. The molecule has 0 aliphatic heterocycles. The number of aryl methyl sites for hydroxylation is 2. The van der Waals surface area contributed by atoms with Crippen LogP contribution in [0.4, 0.5) is 0 Å². The zero-order valence-corrected chi connectivity index (χ0v) is 13.8. The molecule has 1 unspecified atom stereocenters. The number of hydrogen-bond acceptors (Lipinski definition) is 2. The lowest BCUT2D eigenvalue weighted by atomic mass is 9.84. The molecule has 0 aliphatic carbocycles. The molecule has 2 aromatic rings. The van der Waals surface area contributed by atoms with Crippen LogP contribution in [0.5, 0.6) is 0 Å². The molecule has 2 rings (SSSR count). The minimum absolute atomic E-state index is 0.414. The zero-order chi connectivity index (χ0) is 15.5. The molecule has 0 fully saturated rings. The molecule has 0 bridgehead atoms. The highest BCUT2D eigenvalue weighted by molar-refractivity contribution is 6.31. The standard InChI is InChI=1S/C17H24ClN3/c1-4-14-16(18)15(21(6-3)20-14)12-17(19,5-2)13-10-8-7-9-11-13/h7-11H,4-6,12,19H2,1-3H3. The van der Waals surface area contributed by atoms with Gasteiger partial charge in [0.05, 0.1) is 16.4 Å². The molecule has 114 valence electrons. The van der Waals surface area contributed by atoms with Crippen LogP contribution < -0.4 is 5.73 Å². The average Bonchev–Trinajstić information content (AvgIpc) is 2.83. The van der Waals surface area contributed by atoms with E-state index in [1.165, 1.54) is 0 Å². The van der Waals surface area contributed by atoms with Gasteiger partial charge in [0.1, 0.15) is 0 Å². The minimum atomic E-state index is -0.414. The van der Waals surface area contributed by atoms with Crippen LogP contribution in [0.1, 0.15) is 44.1 Å². The molecule has 0 saturated heterocycles. The molecule has 1 heterocycles. The largest absolute Gasteiger partial charge is 0.321 e. The van der Waals surface area contributed by atoms with Crippen molar-refractivity contribution in [2.45, 2.75) is 52.1 Å². The van der Waals surface area contributed by atoms with Crippen molar-refractivity contribution in [2.24, 2.45) is 5.73 Å². The van der Waals surface area contributed by atoms with Crippen LogP contribution in [0.15, 0.2) is 30.3 Å². The predicted octanol–water partition coefficient (Wildman–Crippen LogP) is 3.93. The molecule has 1 atom stereocenters. The first-order valence-electron chi connectivity index (χ1n) is 7.64. The highest BCUT2D eigenvalue weighted by Crippen LogP contribution is 2.31. The third-order valence-corrected chi connectivity index (χ3v) is 4.59. The molecule has 4 heteroatoms. The van der Waals surface area contributed by atoms with Crippen molar-refractivity contribution in [3.05, 3.63) is 52.3 Å². The third kappa shape index (κ3) is 3.14. The second kappa shape index (κ2) is 6.63. The Hall–Kier alpha value is -1.32. The zero-order valence-electron chi connectivity index (χ0n) is 13.1. The average molecular weight is 306 g/mol. The van der Waals surface area contributed by atoms with Crippen molar-refractivity contribution in [1.82, 2.24) is 9.78 Å². The Morgan fingerprint density at radius 3 is 2.38 bits per heavy atom. The van der Waals surface area contributed by atoms with Gasteiger partial charge in [0.2, 0.25) is 0 Å². The fraction of sp³-hybridized carbons (Fsp3) is 0.471. The summed E-state index contributed by atoms with van der Waals surface area (Å²) in [5, 5.41) is 5.36. The first-order valence-corrected chi connectivity index (χ1v) is 8.02. The summed E-state index contributed by atoms with van der Waals surface area (Å²) in [4.78, 5) is 0. The van der Waals surface area contributed by atoms with Gasteiger partial charge in [-0.2, -0.15) is 5.10 Å². The van der Waals surface area contributed by atoms with Crippen molar-refractivity contribution >= 4 is 11.6 Å². The molecule has 0 amide bonds. The Bertz CT molecular complexity index is 592. The predicted molar refractivity (Wildman–Crippen MR) is 88.6 cm³/mol. The molecule has 3 nitrogen and oxygen atoms in total. The molecule has 0 aliphatic rings. The van der Waals surface area contributed by atoms with Crippen molar-refractivity contribution < 1.29 is 0 Å². The number of benzene rings is 1. The molecular formula is C17H24ClN3. The Morgan fingerprint density at radius 1 is 1.19 bits per heavy atom. The van der Waals surface area contributed by atoms with E-state index in [0.717, 1.165) is 41.4 Å². The van der Waals surface area contributed by atoms with Gasteiger partial charge in [-0.15, -0.1) is 0 Å². The van der Waals surface area contributed by atoms with Crippen LogP contribution in [0, 0.1) is 0 Å². The first kappa shape index (κ1) is 16.1. The maximum atomic E-state index is 6.69. The van der Waals surface area contributed by atoms with E-state index in [2.05, 4.69) is 38.0 Å². The summed E-state index contributed by atoms with van der Waals surface area (Å²) < 4.78 is 1.99. The first-order chi connectivity index (χ1) is 10.1. The van der Waals surface area contributed by atoms with Gasteiger partial charge in [-0.25, -0.2) is 0 Å². The number of aromatic nitrogens is 2. The molecule has 1 aromatic carbocycles. The van der Waals surface area contributed by atoms with Crippen LogP contribution in [-0.4, -0.2) is 9.78 Å². The third-order valence-electron chi connectivity index (χ3n) is 4.16. The Kier molecular flexibility index (Phi) is 5.07. The smallest absolute Gasteiger partial charge is 0.0850 e. The SMILES string of the molecule is CCc1nn(CC)c(CC(N)(CC)c2ccccc2)c1Cl. The fourth-order valence-corrected chi connectivity index (χ4v) is 3.02. The van der Waals surface area contributed by atoms with Gasteiger partial charge in [-0.05, 0) is 25.3 Å². The molecular weight excluding hydrogens is 282 g/mol. The van der Waals surface area contributed by atoms with Gasteiger partial charge in [0.25, 0.3) is 0 Å². The Balaban J connectivity index is 2.41. The number of rotatable bonds is 6. The molecule has 0 spiro atoms. The Labute approximate surface area is 132 Å². The highest BCUT2D eigenvalue weighted by atomic mass is 35.5.